The van der Waals surface area contributed by atoms with Gasteiger partial charge < -0.3 is 17.1 Å². The average Bonchev–Trinajstić information content (AvgIpc) is 2.36. The highest BCUT2D eigenvalue weighted by Gasteiger charge is 2.10. The molecule has 0 N–H and O–H groups in total. The number of nitrogens with zero attached hydrogens (tertiary/aromatic N) is 2. The maximum absolute atomic E-state index is 11.0. The fourth-order valence-electron chi connectivity index (χ4n) is 0.756. The second-order valence-electron chi connectivity index (χ2n) is 2.19. The molecule has 0 atom stereocenters. The molecule has 0 bridgehead atoms. The fraction of sp³-hybridized carbons (Fsp3) is 0.429. The number of carbonyl (C=O) groups excluding carboxylic acids is 1. The lowest BCUT2D eigenvalue weighted by Gasteiger charge is -1.93. The zero-order chi connectivity index (χ0) is 8.27. The maximum atomic E-state index is 11.0. The number of halogens is 1. The highest BCUT2D eigenvalue weighted by atomic mass is 35.5. The average molecular weight is 191 g/mol. The van der Waals surface area contributed by atoms with E-state index < -0.39 is 0 Å². The summed E-state index contributed by atoms with van der Waals surface area (Å²) in [5.41, 5.74) is 0. The van der Waals surface area contributed by atoms with Crippen LogP contribution >= 0.6 is 0 Å². The lowest BCUT2D eigenvalue weighted by atomic mass is 10.8. The molecule has 0 unspecified atom stereocenters. The second kappa shape index (κ2) is 4.77. The van der Waals surface area contributed by atoms with Crippen LogP contribution in [0.25, 0.3) is 0 Å². The van der Waals surface area contributed by atoms with E-state index in [0.717, 1.165) is 0 Å². The number of imidazole rings is 1. The summed E-state index contributed by atoms with van der Waals surface area (Å²) >= 11 is 0. The lowest BCUT2D eigenvalue weighted by Crippen LogP contribution is -3.00. The Labute approximate surface area is 77.2 Å². The summed E-state index contributed by atoms with van der Waals surface area (Å²) in [7, 11) is 1.84. The third-order valence-electron chi connectivity index (χ3n) is 1.25. The number of rotatable bonds is 1. The van der Waals surface area contributed by atoms with Gasteiger partial charge in [0.2, 0.25) is 0 Å². The Morgan fingerprint density at radius 1 is 1.67 bits per heavy atom. The topological polar surface area (TPSA) is 35.1 Å². The monoisotopic (exact) mass is 190 g/mol. The van der Waals surface area contributed by atoms with Gasteiger partial charge in [-0.15, -0.1) is 4.57 Å². The molecule has 0 radical (unpaired) electrons. The van der Waals surface area contributed by atoms with E-state index in [-0.39, 0.29) is 18.5 Å². The van der Waals surface area contributed by atoms with E-state index in [2.05, 4.69) is 0 Å². The van der Waals surface area contributed by atoms with Crippen molar-refractivity contribution in [1.82, 2.24) is 4.57 Å². The number of hydrogen-bond donors (Lipinski definition) is 0. The molecule has 0 saturated carbocycles. The summed E-state index contributed by atoms with van der Waals surface area (Å²) in [6, 6.07) is 0. The van der Waals surface area contributed by atoms with Gasteiger partial charge in [0, 0.05) is 0 Å². The molecule has 0 aliphatic carbocycles. The SMILES string of the molecule is CCOC(=O)n1cc[n+](C)c1.[Cl-]. The molecule has 0 aliphatic rings. The fourth-order valence-corrected chi connectivity index (χ4v) is 0.756. The van der Waals surface area contributed by atoms with E-state index in [1.165, 1.54) is 4.57 Å². The summed E-state index contributed by atoms with van der Waals surface area (Å²) in [6.07, 6.45) is 4.74. The van der Waals surface area contributed by atoms with Gasteiger partial charge in [0.15, 0.2) is 0 Å². The minimum absolute atomic E-state index is 0. The molecule has 1 rings (SSSR count). The number of aromatic nitrogens is 2. The highest BCUT2D eigenvalue weighted by molar-refractivity contribution is 5.69. The molecule has 0 amide bonds. The van der Waals surface area contributed by atoms with Crippen LogP contribution in [0.4, 0.5) is 4.79 Å². The first-order valence-electron chi connectivity index (χ1n) is 3.44. The predicted molar refractivity (Wildman–Crippen MR) is 38.0 cm³/mol. The Hall–Kier alpha value is -1.03. The van der Waals surface area contributed by atoms with Crippen LogP contribution in [-0.2, 0) is 11.8 Å². The van der Waals surface area contributed by atoms with E-state index in [1.807, 2.05) is 7.05 Å². The Morgan fingerprint density at radius 3 is 2.75 bits per heavy atom. The smallest absolute Gasteiger partial charge is 0.511 e. The summed E-state index contributed by atoms with van der Waals surface area (Å²) < 4.78 is 7.92. The van der Waals surface area contributed by atoms with Crippen molar-refractivity contribution >= 4 is 6.09 Å². The van der Waals surface area contributed by atoms with Gasteiger partial charge in [-0.05, 0) is 6.92 Å². The molecule has 1 aromatic rings. The summed E-state index contributed by atoms with van der Waals surface area (Å²) in [4.78, 5) is 11.0. The van der Waals surface area contributed by atoms with Crippen LogP contribution in [-0.4, -0.2) is 17.3 Å². The van der Waals surface area contributed by atoms with E-state index in [0.29, 0.717) is 6.61 Å². The maximum Gasteiger partial charge on any atom is 0.511 e. The molecule has 0 saturated heterocycles. The second-order valence-corrected chi connectivity index (χ2v) is 2.19. The van der Waals surface area contributed by atoms with Crippen LogP contribution in [0.3, 0.4) is 0 Å². The van der Waals surface area contributed by atoms with Gasteiger partial charge in [0.25, 0.3) is 6.33 Å². The number of aryl methyl sites for hydroxylation is 1. The largest absolute Gasteiger partial charge is 1.00 e. The van der Waals surface area contributed by atoms with Crippen LogP contribution in [0.2, 0.25) is 0 Å². The Morgan fingerprint density at radius 2 is 2.33 bits per heavy atom. The molecule has 1 aromatic heterocycles. The van der Waals surface area contributed by atoms with Crippen molar-refractivity contribution in [2.45, 2.75) is 6.92 Å². The van der Waals surface area contributed by atoms with Gasteiger partial charge in [-0.3, -0.25) is 0 Å². The van der Waals surface area contributed by atoms with E-state index in [4.69, 9.17) is 4.74 Å². The van der Waals surface area contributed by atoms with Crippen LogP contribution < -0.4 is 17.0 Å². The van der Waals surface area contributed by atoms with Crippen molar-refractivity contribution in [2.75, 3.05) is 6.61 Å². The van der Waals surface area contributed by atoms with Crippen LogP contribution in [0.5, 0.6) is 0 Å². The molecule has 4 nitrogen and oxygen atoms in total. The summed E-state index contributed by atoms with van der Waals surface area (Å²) in [5.74, 6) is 0. The molecule has 12 heavy (non-hydrogen) atoms. The minimum Gasteiger partial charge on any atom is -1.00 e. The Kier molecular flexibility index (Phi) is 4.36. The van der Waals surface area contributed by atoms with Crippen LogP contribution in [0.1, 0.15) is 6.92 Å². The van der Waals surface area contributed by atoms with Crippen molar-refractivity contribution in [1.29, 1.82) is 0 Å². The highest BCUT2D eigenvalue weighted by Crippen LogP contribution is 1.87. The zero-order valence-electron chi connectivity index (χ0n) is 7.03. The van der Waals surface area contributed by atoms with Gasteiger partial charge in [-0.1, -0.05) is 0 Å². The zero-order valence-corrected chi connectivity index (χ0v) is 7.78. The first-order valence-corrected chi connectivity index (χ1v) is 3.44. The number of ether oxygens (including phenoxy) is 1. The molecular formula is C7H11ClN2O2. The third kappa shape index (κ3) is 2.54. The molecule has 0 aliphatic heterocycles. The normalized spacial score (nSPS) is 8.83. The van der Waals surface area contributed by atoms with Crippen molar-refractivity contribution in [3.63, 3.8) is 0 Å². The third-order valence-corrected chi connectivity index (χ3v) is 1.25. The first-order chi connectivity index (χ1) is 5.24. The van der Waals surface area contributed by atoms with E-state index >= 15 is 0 Å². The van der Waals surface area contributed by atoms with Crippen LogP contribution in [0, 0.1) is 0 Å². The van der Waals surface area contributed by atoms with Crippen molar-refractivity contribution in [2.24, 2.45) is 7.05 Å². The van der Waals surface area contributed by atoms with Crippen molar-refractivity contribution in [3.8, 4) is 0 Å². The summed E-state index contributed by atoms with van der Waals surface area (Å²) in [6.45, 7) is 2.18. The van der Waals surface area contributed by atoms with Gasteiger partial charge in [-0.25, -0.2) is 4.57 Å². The molecule has 0 aromatic carbocycles. The van der Waals surface area contributed by atoms with Crippen molar-refractivity contribution in [3.05, 3.63) is 18.7 Å². The Bertz CT molecular complexity index is 260. The molecule has 0 fully saturated rings. The van der Waals surface area contributed by atoms with Gasteiger partial charge >= 0.3 is 6.09 Å². The molecule has 68 valence electrons. The molecule has 5 heteroatoms. The Balaban J connectivity index is 0.00000121. The van der Waals surface area contributed by atoms with Gasteiger partial charge in [0.1, 0.15) is 12.4 Å². The summed E-state index contributed by atoms with van der Waals surface area (Å²) in [5, 5.41) is 0. The molecule has 1 heterocycles. The minimum atomic E-state index is -0.340. The van der Waals surface area contributed by atoms with Crippen LogP contribution in [0.15, 0.2) is 18.7 Å². The van der Waals surface area contributed by atoms with Gasteiger partial charge in [0.05, 0.1) is 13.7 Å². The first kappa shape index (κ1) is 11.0. The number of hydrogen-bond acceptors (Lipinski definition) is 2. The molecular weight excluding hydrogens is 180 g/mol. The quantitative estimate of drug-likeness (QED) is 0.453. The van der Waals surface area contributed by atoms with E-state index in [1.54, 1.807) is 30.2 Å². The molecule has 0 spiro atoms. The standard InChI is InChI=1S/C7H11N2O2.ClH/c1-3-11-7(10)9-5-4-8(2)6-9;/h4-6H,3H2,1-2H3;1H/q+1;/p-1. The number of carbonyl (C=O) groups is 1. The van der Waals surface area contributed by atoms with Gasteiger partial charge in [-0.2, -0.15) is 4.79 Å². The predicted octanol–water partition coefficient (Wildman–Crippen LogP) is -2.68. The van der Waals surface area contributed by atoms with E-state index in [9.17, 15) is 4.79 Å². The lowest BCUT2D eigenvalue weighted by molar-refractivity contribution is -0.670. The van der Waals surface area contributed by atoms with Crippen molar-refractivity contribution < 1.29 is 26.5 Å².